The van der Waals surface area contributed by atoms with Crippen molar-refractivity contribution in [3.05, 3.63) is 84.2 Å². The highest BCUT2D eigenvalue weighted by Crippen LogP contribution is 2.36. The van der Waals surface area contributed by atoms with Crippen LogP contribution in [0.3, 0.4) is 0 Å². The molecule has 0 bridgehead atoms. The molecule has 0 atom stereocenters. The van der Waals surface area contributed by atoms with Gasteiger partial charge in [-0.25, -0.2) is 4.79 Å². The number of methoxy groups -OCH3 is 1. The van der Waals surface area contributed by atoms with Gasteiger partial charge in [-0.15, -0.1) is 0 Å². The number of ether oxygens (including phenoxy) is 1. The second kappa shape index (κ2) is 7.08. The Morgan fingerprint density at radius 1 is 1.03 bits per heavy atom. The van der Waals surface area contributed by atoms with Crippen LogP contribution in [0.4, 0.5) is 5.69 Å². The normalized spacial score (nSPS) is 11.0. The number of hydrogen-bond acceptors (Lipinski definition) is 5. The second-order valence-corrected chi connectivity index (χ2v) is 7.11. The average molecular weight is 407 g/mol. The van der Waals surface area contributed by atoms with Crippen molar-refractivity contribution in [1.29, 1.82) is 5.26 Å². The molecule has 2 aromatic heterocycles. The van der Waals surface area contributed by atoms with Crippen molar-refractivity contribution in [2.45, 2.75) is 0 Å². The van der Waals surface area contributed by atoms with E-state index in [1.165, 1.54) is 13.3 Å². The summed E-state index contributed by atoms with van der Waals surface area (Å²) in [5.74, 6) is -0.602. The van der Waals surface area contributed by atoms with Gasteiger partial charge in [0.25, 0.3) is 0 Å². The molecular weight excluding hydrogens is 390 g/mol. The molecule has 0 unspecified atom stereocenters. The van der Waals surface area contributed by atoms with Crippen molar-refractivity contribution in [1.82, 2.24) is 4.57 Å². The maximum atomic E-state index is 12.2. The fourth-order valence-corrected chi connectivity index (χ4v) is 3.89. The third-order valence-electron chi connectivity index (χ3n) is 5.40. The minimum Gasteiger partial charge on any atom is -0.464 e. The minimum atomic E-state index is -0.602. The number of anilines is 1. The molecule has 0 spiro atoms. The number of nitrogens with two attached hydrogens (primary N) is 1. The summed E-state index contributed by atoms with van der Waals surface area (Å²) in [6, 6.07) is 23.7. The summed E-state index contributed by atoms with van der Waals surface area (Å²) in [5.41, 5.74) is 10.7. The van der Waals surface area contributed by atoms with Crippen LogP contribution in [0, 0.1) is 11.3 Å². The quantitative estimate of drug-likeness (QED) is 0.410. The maximum absolute atomic E-state index is 12.2. The number of furan rings is 1. The number of fused-ring (bicyclic) bond motifs is 3. The van der Waals surface area contributed by atoms with Gasteiger partial charge < -0.3 is 19.5 Å². The van der Waals surface area contributed by atoms with Gasteiger partial charge in [-0.3, -0.25) is 0 Å². The predicted octanol–water partition coefficient (Wildman–Crippen LogP) is 5.28. The number of esters is 1. The third-order valence-corrected chi connectivity index (χ3v) is 5.40. The number of hydrogen-bond donors (Lipinski definition) is 1. The molecule has 0 amide bonds. The molecule has 0 aliphatic heterocycles. The largest absolute Gasteiger partial charge is 0.464 e. The molecule has 6 heteroatoms. The van der Waals surface area contributed by atoms with Crippen LogP contribution < -0.4 is 5.73 Å². The monoisotopic (exact) mass is 407 g/mol. The Hall–Kier alpha value is -4.50. The van der Waals surface area contributed by atoms with E-state index in [0.717, 1.165) is 33.1 Å². The van der Waals surface area contributed by atoms with Crippen LogP contribution in [0.5, 0.6) is 0 Å². The highest BCUT2D eigenvalue weighted by atomic mass is 16.5. The molecular formula is C25H17N3O3. The lowest BCUT2D eigenvalue weighted by Crippen LogP contribution is -2.11. The molecule has 6 nitrogen and oxygen atoms in total. The lowest BCUT2D eigenvalue weighted by atomic mass is 10.0. The fraction of sp³-hybridized carbons (Fsp3) is 0.0400. The first-order chi connectivity index (χ1) is 15.1. The van der Waals surface area contributed by atoms with Crippen molar-refractivity contribution in [3.8, 4) is 22.9 Å². The van der Waals surface area contributed by atoms with E-state index in [1.54, 1.807) is 4.57 Å². The summed E-state index contributed by atoms with van der Waals surface area (Å²) >= 11 is 0. The van der Waals surface area contributed by atoms with Gasteiger partial charge in [0.1, 0.15) is 17.2 Å². The molecule has 5 aromatic rings. The first kappa shape index (κ1) is 18.5. The summed E-state index contributed by atoms with van der Waals surface area (Å²) in [7, 11) is 1.28. The van der Waals surface area contributed by atoms with E-state index < -0.39 is 5.97 Å². The zero-order valence-electron chi connectivity index (χ0n) is 16.6. The Morgan fingerprint density at radius 2 is 1.77 bits per heavy atom. The van der Waals surface area contributed by atoms with Gasteiger partial charge in [-0.1, -0.05) is 48.5 Å². The molecule has 0 fully saturated rings. The Labute approximate surface area is 177 Å². The molecule has 2 N–H and O–H groups in total. The van der Waals surface area contributed by atoms with Crippen molar-refractivity contribution >= 4 is 33.6 Å². The van der Waals surface area contributed by atoms with Crippen LogP contribution in [-0.2, 0) is 4.74 Å². The number of carbonyl (C=O) groups excluding carboxylic acids is 1. The highest BCUT2D eigenvalue weighted by molar-refractivity contribution is 6.09. The Balaban J connectivity index is 1.63. The second-order valence-electron chi connectivity index (χ2n) is 7.11. The number of aromatic nitrogens is 1. The van der Waals surface area contributed by atoms with E-state index >= 15 is 0 Å². The maximum Gasteiger partial charge on any atom is 0.357 e. The highest BCUT2D eigenvalue weighted by Gasteiger charge is 2.21. The van der Waals surface area contributed by atoms with Gasteiger partial charge in [-0.05, 0) is 23.8 Å². The van der Waals surface area contributed by atoms with Crippen LogP contribution in [0.25, 0.3) is 38.8 Å². The molecule has 0 radical (unpaired) electrons. The summed E-state index contributed by atoms with van der Waals surface area (Å²) in [5, 5.41) is 11.4. The third kappa shape index (κ3) is 2.83. The first-order valence-electron chi connectivity index (χ1n) is 9.62. The van der Waals surface area contributed by atoms with Crippen LogP contribution in [0.1, 0.15) is 16.1 Å². The first-order valence-corrected chi connectivity index (χ1v) is 9.62. The average Bonchev–Trinajstić information content (AvgIpc) is 3.36. The van der Waals surface area contributed by atoms with E-state index in [0.29, 0.717) is 5.69 Å². The zero-order chi connectivity index (χ0) is 21.5. The minimum absolute atomic E-state index is 0.102. The fourth-order valence-electron chi connectivity index (χ4n) is 3.89. The van der Waals surface area contributed by atoms with E-state index in [1.807, 2.05) is 72.8 Å². The number of nitrogens with zero attached hydrogens (tertiary/aromatic N) is 2. The molecule has 5 rings (SSSR count). The Kier molecular flexibility index (Phi) is 4.23. The van der Waals surface area contributed by atoms with Crippen LogP contribution >= 0.6 is 0 Å². The standard InChI is InChI=1S/C25H17N3O3/c1-30-25(29)23-22(27)16(13-26)14-28(23)17-11-9-15(10-12-17)18-6-4-7-20-19-5-2-3-8-21(19)31-24(18)20/h2-12,14H,27H2,1H3. The van der Waals surface area contributed by atoms with Crippen molar-refractivity contribution in [2.24, 2.45) is 0 Å². The van der Waals surface area contributed by atoms with Gasteiger partial charge >= 0.3 is 5.97 Å². The van der Waals surface area contributed by atoms with Crippen LogP contribution in [-0.4, -0.2) is 17.6 Å². The lowest BCUT2D eigenvalue weighted by Gasteiger charge is -2.10. The van der Waals surface area contributed by atoms with Crippen molar-refractivity contribution in [3.63, 3.8) is 0 Å². The molecule has 2 heterocycles. The van der Waals surface area contributed by atoms with Crippen molar-refractivity contribution < 1.29 is 13.9 Å². The van der Waals surface area contributed by atoms with Gasteiger partial charge in [0.2, 0.25) is 0 Å². The number of para-hydroxylation sites is 2. The van der Waals surface area contributed by atoms with Gasteiger partial charge in [0.05, 0.1) is 18.4 Å². The summed E-state index contributed by atoms with van der Waals surface area (Å²) in [4.78, 5) is 12.2. The van der Waals surface area contributed by atoms with Crippen LogP contribution in [0.15, 0.2) is 77.3 Å². The van der Waals surface area contributed by atoms with E-state index in [-0.39, 0.29) is 16.9 Å². The number of carbonyl (C=O) groups is 1. The SMILES string of the molecule is COC(=O)c1c(N)c(C#N)cn1-c1ccc(-c2cccc3c2oc2ccccc23)cc1. The number of nitrogen functional groups attached to an aromatic ring is 1. The Morgan fingerprint density at radius 3 is 2.52 bits per heavy atom. The molecule has 0 aliphatic rings. The molecule has 0 aliphatic carbocycles. The molecule has 0 saturated carbocycles. The predicted molar refractivity (Wildman–Crippen MR) is 119 cm³/mol. The lowest BCUT2D eigenvalue weighted by molar-refractivity contribution is 0.0593. The summed E-state index contributed by atoms with van der Waals surface area (Å²) in [6.45, 7) is 0. The van der Waals surface area contributed by atoms with E-state index in [2.05, 4.69) is 0 Å². The smallest absolute Gasteiger partial charge is 0.357 e. The molecule has 0 saturated heterocycles. The van der Waals surface area contributed by atoms with Gasteiger partial charge in [0.15, 0.2) is 5.69 Å². The summed E-state index contributed by atoms with van der Waals surface area (Å²) in [6.07, 6.45) is 1.54. The molecule has 150 valence electrons. The number of benzene rings is 3. The van der Waals surface area contributed by atoms with Gasteiger partial charge in [-0.2, -0.15) is 5.26 Å². The van der Waals surface area contributed by atoms with Gasteiger partial charge in [0, 0.05) is 28.2 Å². The zero-order valence-corrected chi connectivity index (χ0v) is 16.6. The molecule has 3 aromatic carbocycles. The summed E-state index contributed by atoms with van der Waals surface area (Å²) < 4.78 is 12.6. The number of rotatable bonds is 3. The van der Waals surface area contributed by atoms with Crippen molar-refractivity contribution in [2.75, 3.05) is 12.8 Å². The van der Waals surface area contributed by atoms with E-state index in [4.69, 9.17) is 14.9 Å². The Bertz CT molecular complexity index is 1500. The molecule has 31 heavy (non-hydrogen) atoms. The topological polar surface area (TPSA) is 94.2 Å². The van der Waals surface area contributed by atoms with E-state index in [9.17, 15) is 10.1 Å². The number of nitriles is 1. The van der Waals surface area contributed by atoms with Crippen LogP contribution in [0.2, 0.25) is 0 Å².